The lowest BCUT2D eigenvalue weighted by atomic mass is 9.90. The highest BCUT2D eigenvalue weighted by atomic mass is 35.6. The van der Waals surface area contributed by atoms with E-state index in [2.05, 4.69) is 5.16 Å². The second-order valence-corrected chi connectivity index (χ2v) is 7.71. The minimum atomic E-state index is -1.74. The topological polar surface area (TPSA) is 66.6 Å². The Hall–Kier alpha value is -0.650. The summed E-state index contributed by atoms with van der Waals surface area (Å²) in [6.07, 6.45) is -1.27. The van der Waals surface area contributed by atoms with Crippen molar-refractivity contribution in [3.05, 3.63) is 11.3 Å². The quantitative estimate of drug-likeness (QED) is 0.828. The summed E-state index contributed by atoms with van der Waals surface area (Å²) in [6, 6.07) is 0. The molecule has 0 aromatic carbocycles. The van der Waals surface area contributed by atoms with Crippen LogP contribution in [0.2, 0.25) is 0 Å². The molecular formula is C11H15Cl3N2O3. The van der Waals surface area contributed by atoms with E-state index in [9.17, 15) is 9.90 Å². The largest absolute Gasteiger partial charge is 0.465 e. The number of halogens is 3. The highest BCUT2D eigenvalue weighted by Gasteiger charge is 2.33. The molecule has 0 aliphatic heterocycles. The van der Waals surface area contributed by atoms with Crippen LogP contribution in [0.25, 0.3) is 0 Å². The Morgan fingerprint density at radius 2 is 1.89 bits per heavy atom. The maximum Gasteiger partial charge on any atom is 0.414 e. The molecule has 1 aromatic rings. The maximum absolute atomic E-state index is 11.3. The molecule has 0 saturated heterocycles. The molecule has 0 aliphatic rings. The predicted octanol–water partition coefficient (Wildman–Crippen LogP) is 4.14. The number of carboxylic acid groups (broad SMARTS) is 1. The van der Waals surface area contributed by atoms with Gasteiger partial charge in [-0.2, -0.15) is 0 Å². The molecule has 1 amide bonds. The van der Waals surface area contributed by atoms with Crippen molar-refractivity contribution >= 4 is 46.8 Å². The standard InChI is InChI=1S/C11H15Cl3N2O3/c1-6-7(10(2,3)4)15-19-8(6)16(9(17)18)5-11(12,13)14/h5H2,1-4H3,(H,17,18). The zero-order valence-corrected chi connectivity index (χ0v) is 13.3. The van der Waals surface area contributed by atoms with E-state index in [-0.39, 0.29) is 17.8 Å². The monoisotopic (exact) mass is 328 g/mol. The van der Waals surface area contributed by atoms with Gasteiger partial charge in [-0.05, 0) is 6.92 Å². The normalized spacial score (nSPS) is 12.6. The van der Waals surface area contributed by atoms with Gasteiger partial charge in [-0.25, -0.2) is 9.69 Å². The first-order valence-electron chi connectivity index (χ1n) is 5.47. The Kier molecular flexibility index (Phi) is 4.65. The molecule has 108 valence electrons. The lowest BCUT2D eigenvalue weighted by Crippen LogP contribution is -2.37. The molecule has 19 heavy (non-hydrogen) atoms. The smallest absolute Gasteiger partial charge is 0.414 e. The lowest BCUT2D eigenvalue weighted by molar-refractivity contribution is 0.200. The molecule has 1 heterocycles. The summed E-state index contributed by atoms with van der Waals surface area (Å²) >= 11 is 16.9. The number of rotatable bonds is 2. The van der Waals surface area contributed by atoms with Gasteiger partial charge in [0.1, 0.15) is 0 Å². The van der Waals surface area contributed by atoms with Gasteiger partial charge < -0.3 is 9.63 Å². The molecule has 8 heteroatoms. The molecule has 0 atom stereocenters. The van der Waals surface area contributed by atoms with Gasteiger partial charge in [-0.15, -0.1) is 0 Å². The number of nitrogens with zero attached hydrogens (tertiary/aromatic N) is 2. The summed E-state index contributed by atoms with van der Waals surface area (Å²) in [5.41, 5.74) is 1.01. The van der Waals surface area contributed by atoms with E-state index in [1.165, 1.54) is 0 Å². The van der Waals surface area contributed by atoms with Crippen LogP contribution in [0.5, 0.6) is 0 Å². The van der Waals surface area contributed by atoms with Gasteiger partial charge in [-0.3, -0.25) is 0 Å². The molecule has 0 bridgehead atoms. The lowest BCUT2D eigenvalue weighted by Gasteiger charge is -2.21. The van der Waals surface area contributed by atoms with Gasteiger partial charge in [0.2, 0.25) is 9.68 Å². The third kappa shape index (κ3) is 4.16. The van der Waals surface area contributed by atoms with Crippen molar-refractivity contribution in [3.8, 4) is 0 Å². The first-order chi connectivity index (χ1) is 8.43. The molecule has 0 spiro atoms. The van der Waals surface area contributed by atoms with Gasteiger partial charge in [0.05, 0.1) is 12.2 Å². The fraction of sp³-hybridized carbons (Fsp3) is 0.636. The van der Waals surface area contributed by atoms with Crippen LogP contribution in [0.15, 0.2) is 4.52 Å². The van der Waals surface area contributed by atoms with E-state index in [1.54, 1.807) is 6.92 Å². The Morgan fingerprint density at radius 3 is 2.21 bits per heavy atom. The molecule has 1 N–H and O–H groups in total. The summed E-state index contributed by atoms with van der Waals surface area (Å²) in [7, 11) is 0. The molecule has 0 fully saturated rings. The van der Waals surface area contributed by atoms with Gasteiger partial charge in [0.15, 0.2) is 0 Å². The molecule has 0 unspecified atom stereocenters. The maximum atomic E-state index is 11.3. The first kappa shape index (κ1) is 16.4. The van der Waals surface area contributed by atoms with Gasteiger partial charge in [-0.1, -0.05) is 60.7 Å². The van der Waals surface area contributed by atoms with Crippen molar-refractivity contribution in [1.82, 2.24) is 5.16 Å². The second-order valence-electron chi connectivity index (χ2n) is 5.20. The van der Waals surface area contributed by atoms with Crippen molar-refractivity contribution < 1.29 is 14.4 Å². The molecular weight excluding hydrogens is 314 g/mol. The van der Waals surface area contributed by atoms with Crippen LogP contribution in [-0.4, -0.2) is 26.7 Å². The van der Waals surface area contributed by atoms with E-state index in [0.29, 0.717) is 11.3 Å². The van der Waals surface area contributed by atoms with Crippen LogP contribution in [0.3, 0.4) is 0 Å². The highest BCUT2D eigenvalue weighted by molar-refractivity contribution is 6.68. The Bertz CT molecular complexity index is 475. The van der Waals surface area contributed by atoms with Crippen LogP contribution in [0.4, 0.5) is 10.7 Å². The van der Waals surface area contributed by atoms with Crippen LogP contribution in [-0.2, 0) is 5.41 Å². The van der Waals surface area contributed by atoms with Gasteiger partial charge >= 0.3 is 6.09 Å². The van der Waals surface area contributed by atoms with Gasteiger partial charge in [0, 0.05) is 11.0 Å². The minimum Gasteiger partial charge on any atom is -0.465 e. The third-order valence-electron chi connectivity index (χ3n) is 2.42. The number of aromatic nitrogens is 1. The third-order valence-corrected chi connectivity index (χ3v) is 2.78. The fourth-order valence-corrected chi connectivity index (χ4v) is 2.04. The summed E-state index contributed by atoms with van der Waals surface area (Å²) in [5.74, 6) is 0.0729. The molecule has 5 nitrogen and oxygen atoms in total. The zero-order valence-electron chi connectivity index (χ0n) is 11.0. The zero-order chi connectivity index (χ0) is 15.0. The minimum absolute atomic E-state index is 0.0729. The first-order valence-corrected chi connectivity index (χ1v) is 6.61. The van der Waals surface area contributed by atoms with Crippen LogP contribution in [0, 0.1) is 6.92 Å². The highest BCUT2D eigenvalue weighted by Crippen LogP contribution is 2.34. The van der Waals surface area contributed by atoms with E-state index >= 15 is 0 Å². The SMILES string of the molecule is Cc1c(C(C)(C)C)noc1N(CC(Cl)(Cl)Cl)C(=O)O. The van der Waals surface area contributed by atoms with Crippen molar-refractivity contribution in [2.45, 2.75) is 36.9 Å². The molecule has 0 aliphatic carbocycles. The second kappa shape index (κ2) is 5.38. The predicted molar refractivity (Wildman–Crippen MR) is 75.6 cm³/mol. The Morgan fingerprint density at radius 1 is 1.37 bits per heavy atom. The number of anilines is 1. The van der Waals surface area contributed by atoms with Crippen LogP contribution < -0.4 is 4.90 Å². The summed E-state index contributed by atoms with van der Waals surface area (Å²) in [5, 5.41) is 13.1. The van der Waals surface area contributed by atoms with Crippen molar-refractivity contribution in [3.63, 3.8) is 0 Å². The summed E-state index contributed by atoms with van der Waals surface area (Å²) in [4.78, 5) is 12.1. The molecule has 0 saturated carbocycles. The molecule has 1 aromatic heterocycles. The number of carbonyl (C=O) groups is 1. The van der Waals surface area contributed by atoms with E-state index in [4.69, 9.17) is 39.3 Å². The average molecular weight is 330 g/mol. The van der Waals surface area contributed by atoms with Crippen LogP contribution in [0.1, 0.15) is 32.0 Å². The van der Waals surface area contributed by atoms with Crippen molar-refractivity contribution in [2.75, 3.05) is 11.4 Å². The van der Waals surface area contributed by atoms with Crippen molar-refractivity contribution in [1.29, 1.82) is 0 Å². The summed E-state index contributed by atoms with van der Waals surface area (Å²) < 4.78 is 3.37. The number of hydrogen-bond acceptors (Lipinski definition) is 3. The molecule has 0 radical (unpaired) electrons. The van der Waals surface area contributed by atoms with Gasteiger partial charge in [0.25, 0.3) is 0 Å². The van der Waals surface area contributed by atoms with E-state index < -0.39 is 9.89 Å². The Balaban J connectivity index is 3.19. The van der Waals surface area contributed by atoms with Crippen molar-refractivity contribution in [2.24, 2.45) is 0 Å². The average Bonchev–Trinajstić information content (AvgIpc) is 2.54. The number of hydrogen-bond donors (Lipinski definition) is 1. The summed E-state index contributed by atoms with van der Waals surface area (Å²) in [6.45, 7) is 7.22. The number of amides is 1. The van der Waals surface area contributed by atoms with Crippen LogP contribution >= 0.6 is 34.8 Å². The fourth-order valence-electron chi connectivity index (χ4n) is 1.68. The van der Waals surface area contributed by atoms with E-state index in [1.807, 2.05) is 20.8 Å². The van der Waals surface area contributed by atoms with E-state index in [0.717, 1.165) is 4.90 Å². The molecule has 1 rings (SSSR count). The number of alkyl halides is 3. The Labute approximate surface area is 126 Å².